The first-order valence-electron chi connectivity index (χ1n) is 16.8. The number of fused-ring (bicyclic) bond motifs is 5. The third-order valence-corrected chi connectivity index (χ3v) is 10.5. The van der Waals surface area contributed by atoms with Crippen LogP contribution in [0.25, 0.3) is 11.0 Å². The Morgan fingerprint density at radius 1 is 0.909 bits per heavy atom. The molecule has 4 unspecified atom stereocenters. The van der Waals surface area contributed by atoms with Crippen molar-refractivity contribution in [2.45, 2.75) is 121 Å². The Kier molecular flexibility index (Phi) is 9.64. The monoisotopic (exact) mass is 605 g/mol. The molecule has 1 aromatic carbocycles. The molecular formula is C34H47N5O5. The number of nitrogens with two attached hydrogens (primary N) is 1. The summed E-state index contributed by atoms with van der Waals surface area (Å²) in [5.41, 5.74) is 6.86. The van der Waals surface area contributed by atoms with Gasteiger partial charge < -0.3 is 19.9 Å². The lowest BCUT2D eigenvalue weighted by molar-refractivity contribution is -0.142. The molecule has 44 heavy (non-hydrogen) atoms. The van der Waals surface area contributed by atoms with E-state index in [0.717, 1.165) is 30.2 Å². The van der Waals surface area contributed by atoms with E-state index in [1.807, 2.05) is 28.8 Å². The number of benzene rings is 1. The van der Waals surface area contributed by atoms with Gasteiger partial charge in [-0.1, -0.05) is 49.4 Å². The highest BCUT2D eigenvalue weighted by Gasteiger charge is 2.45. The standard InChI is InChI=1S/C34H47N5O5/c1-2-43-32(41)15-14-29(37-44-21-31(35)40)33-34(42)39(30-13-6-5-12-28(30)36-33)27-19-24-10-7-11-25(20-27)38(24)26-17-22-8-3-4-9-23(16-22)18-26/h5-6,12-13,22-27H,2-4,7-11,14-21H2,1H3,(H2,35,40)/t22?,23?,24-,25?,26?,27?/m1/s1. The number of piperidine rings is 2. The van der Waals surface area contributed by atoms with E-state index in [2.05, 4.69) is 10.1 Å². The van der Waals surface area contributed by atoms with E-state index in [1.165, 1.54) is 64.2 Å². The van der Waals surface area contributed by atoms with Gasteiger partial charge in [-0.2, -0.15) is 0 Å². The molecule has 238 valence electrons. The van der Waals surface area contributed by atoms with E-state index >= 15 is 0 Å². The number of primary amides is 1. The largest absolute Gasteiger partial charge is 0.466 e. The van der Waals surface area contributed by atoms with Gasteiger partial charge in [-0.15, -0.1) is 0 Å². The summed E-state index contributed by atoms with van der Waals surface area (Å²) < 4.78 is 7.05. The Labute approximate surface area is 259 Å². The summed E-state index contributed by atoms with van der Waals surface area (Å²) in [6.07, 6.45) is 15.2. The second-order valence-corrected chi connectivity index (χ2v) is 13.4. The van der Waals surface area contributed by atoms with Crippen molar-refractivity contribution in [2.75, 3.05) is 13.2 Å². The molecule has 6 rings (SSSR count). The van der Waals surface area contributed by atoms with Crippen molar-refractivity contribution >= 4 is 28.6 Å². The maximum Gasteiger partial charge on any atom is 0.306 e. The average molecular weight is 606 g/mol. The van der Waals surface area contributed by atoms with Crippen LogP contribution in [0.4, 0.5) is 0 Å². The topological polar surface area (TPSA) is 129 Å². The summed E-state index contributed by atoms with van der Waals surface area (Å²) in [5, 5.41) is 4.11. The maximum absolute atomic E-state index is 14.4. The molecule has 3 heterocycles. The minimum absolute atomic E-state index is 0.00641. The van der Waals surface area contributed by atoms with E-state index in [-0.39, 0.29) is 42.5 Å². The fraction of sp³-hybridized carbons (Fsp3) is 0.676. The molecule has 2 aliphatic carbocycles. The van der Waals surface area contributed by atoms with Crippen LogP contribution in [0.1, 0.15) is 109 Å². The average Bonchev–Trinajstić information content (AvgIpc) is 3.17. The number of nitrogens with zero attached hydrogens (tertiary/aromatic N) is 4. The van der Waals surface area contributed by atoms with E-state index in [0.29, 0.717) is 23.6 Å². The first-order chi connectivity index (χ1) is 21.4. The second kappa shape index (κ2) is 13.8. The van der Waals surface area contributed by atoms with Crippen molar-refractivity contribution in [2.24, 2.45) is 22.7 Å². The van der Waals surface area contributed by atoms with Crippen LogP contribution in [0.3, 0.4) is 0 Å². The summed E-state index contributed by atoms with van der Waals surface area (Å²) in [6, 6.07) is 9.37. The number of esters is 1. The quantitative estimate of drug-likeness (QED) is 0.233. The number of carbonyl (C=O) groups is 2. The number of rotatable bonds is 10. The van der Waals surface area contributed by atoms with Crippen LogP contribution in [0.5, 0.6) is 0 Å². The van der Waals surface area contributed by atoms with E-state index < -0.39 is 18.5 Å². The molecule has 4 bridgehead atoms. The van der Waals surface area contributed by atoms with Crippen molar-refractivity contribution < 1.29 is 19.2 Å². The van der Waals surface area contributed by atoms with Gasteiger partial charge in [0.15, 0.2) is 12.3 Å². The zero-order valence-electron chi connectivity index (χ0n) is 26.0. The van der Waals surface area contributed by atoms with E-state index in [1.54, 1.807) is 6.92 Å². The van der Waals surface area contributed by atoms with Gasteiger partial charge in [-0.3, -0.25) is 19.3 Å². The molecule has 2 saturated heterocycles. The van der Waals surface area contributed by atoms with Crippen LogP contribution in [-0.2, 0) is 19.2 Å². The lowest BCUT2D eigenvalue weighted by Crippen LogP contribution is -2.58. The van der Waals surface area contributed by atoms with Crippen LogP contribution in [0.15, 0.2) is 34.2 Å². The first-order valence-corrected chi connectivity index (χ1v) is 16.8. The Bertz CT molecular complexity index is 1410. The molecule has 4 aliphatic rings. The Morgan fingerprint density at radius 3 is 2.30 bits per heavy atom. The van der Waals surface area contributed by atoms with Gasteiger partial charge >= 0.3 is 5.97 Å². The van der Waals surface area contributed by atoms with Gasteiger partial charge in [-0.25, -0.2) is 4.98 Å². The van der Waals surface area contributed by atoms with E-state index in [9.17, 15) is 14.4 Å². The number of carbonyl (C=O) groups excluding carboxylic acids is 2. The molecule has 1 amide bonds. The first kappa shape index (κ1) is 30.7. The molecule has 1 aromatic heterocycles. The summed E-state index contributed by atoms with van der Waals surface area (Å²) in [7, 11) is 0. The molecule has 4 fully saturated rings. The fourth-order valence-electron chi connectivity index (χ4n) is 8.85. The number of para-hydroxylation sites is 2. The van der Waals surface area contributed by atoms with Gasteiger partial charge in [0.1, 0.15) is 5.71 Å². The smallest absolute Gasteiger partial charge is 0.306 e. The molecular weight excluding hydrogens is 558 g/mol. The zero-order valence-corrected chi connectivity index (χ0v) is 26.0. The fourth-order valence-corrected chi connectivity index (χ4v) is 8.85. The van der Waals surface area contributed by atoms with Gasteiger partial charge in [0.05, 0.1) is 24.1 Å². The van der Waals surface area contributed by atoms with Crippen molar-refractivity contribution in [3.8, 4) is 0 Å². The predicted molar refractivity (Wildman–Crippen MR) is 168 cm³/mol. The molecule has 0 radical (unpaired) electrons. The molecule has 0 spiro atoms. The van der Waals surface area contributed by atoms with Crippen LogP contribution < -0.4 is 11.3 Å². The zero-order chi connectivity index (χ0) is 30.6. The Balaban J connectivity index is 1.33. The van der Waals surface area contributed by atoms with Gasteiger partial charge in [0.25, 0.3) is 11.5 Å². The SMILES string of the molecule is CCOC(=O)CCC(=NOCC(N)=O)c1nc2ccccc2n(C2CC3CCC[C@H](C2)N3C2CC3CCCCC(C3)C2)c1=O. The number of ether oxygens (including phenoxy) is 1. The molecule has 10 nitrogen and oxygen atoms in total. The molecule has 5 atom stereocenters. The van der Waals surface area contributed by atoms with E-state index in [4.69, 9.17) is 20.3 Å². The number of hydrogen-bond acceptors (Lipinski definition) is 8. The maximum atomic E-state index is 14.4. The summed E-state index contributed by atoms with van der Waals surface area (Å²) >= 11 is 0. The van der Waals surface area contributed by atoms with Crippen LogP contribution >= 0.6 is 0 Å². The lowest BCUT2D eigenvalue weighted by atomic mass is 9.73. The third-order valence-electron chi connectivity index (χ3n) is 10.5. The van der Waals surface area contributed by atoms with Crippen molar-refractivity contribution in [1.29, 1.82) is 0 Å². The molecule has 2 N–H and O–H groups in total. The Morgan fingerprint density at radius 2 is 1.61 bits per heavy atom. The van der Waals surface area contributed by atoms with Gasteiger partial charge in [-0.05, 0) is 75.8 Å². The highest BCUT2D eigenvalue weighted by atomic mass is 16.6. The molecule has 10 heteroatoms. The molecule has 2 aliphatic heterocycles. The number of aromatic nitrogens is 2. The minimum atomic E-state index is -0.683. The molecule has 2 saturated carbocycles. The highest BCUT2D eigenvalue weighted by molar-refractivity contribution is 6.00. The van der Waals surface area contributed by atoms with Crippen molar-refractivity contribution in [3.05, 3.63) is 40.3 Å². The lowest BCUT2D eigenvalue weighted by Gasteiger charge is -2.54. The van der Waals surface area contributed by atoms with Crippen LogP contribution in [0.2, 0.25) is 0 Å². The third kappa shape index (κ3) is 6.70. The molecule has 2 aromatic rings. The minimum Gasteiger partial charge on any atom is -0.466 e. The highest BCUT2D eigenvalue weighted by Crippen LogP contribution is 2.47. The number of oxime groups is 1. The summed E-state index contributed by atoms with van der Waals surface area (Å²) in [5.74, 6) is 0.660. The Hall–Kier alpha value is -3.27. The number of amides is 1. The van der Waals surface area contributed by atoms with Crippen molar-refractivity contribution in [1.82, 2.24) is 14.5 Å². The summed E-state index contributed by atoms with van der Waals surface area (Å²) in [6.45, 7) is 1.57. The predicted octanol–water partition coefficient (Wildman–Crippen LogP) is 4.86. The normalized spacial score (nSPS) is 29.2. The van der Waals surface area contributed by atoms with Crippen LogP contribution in [0, 0.1) is 11.8 Å². The number of hydrogen-bond donors (Lipinski definition) is 1. The van der Waals surface area contributed by atoms with Gasteiger partial charge in [0, 0.05) is 30.6 Å². The second-order valence-electron chi connectivity index (χ2n) is 13.4. The van der Waals surface area contributed by atoms with Gasteiger partial charge in [0.2, 0.25) is 0 Å². The summed E-state index contributed by atoms with van der Waals surface area (Å²) in [4.78, 5) is 50.8. The van der Waals surface area contributed by atoms with Crippen LogP contribution in [-0.4, -0.2) is 63.4 Å². The van der Waals surface area contributed by atoms with Crippen molar-refractivity contribution in [3.63, 3.8) is 0 Å².